The van der Waals surface area contributed by atoms with Gasteiger partial charge >= 0.3 is 0 Å². The molecule has 1 aromatic rings. The van der Waals surface area contributed by atoms with Crippen molar-refractivity contribution >= 4 is 17.2 Å². The van der Waals surface area contributed by atoms with E-state index in [1.807, 2.05) is 6.07 Å². The second-order valence-corrected chi connectivity index (χ2v) is 5.51. The van der Waals surface area contributed by atoms with Gasteiger partial charge in [-0.05, 0) is 36.9 Å². The summed E-state index contributed by atoms with van der Waals surface area (Å²) in [6.45, 7) is 3.89. The first kappa shape index (κ1) is 14.4. The van der Waals surface area contributed by atoms with Crippen LogP contribution in [-0.2, 0) is 11.3 Å². The third-order valence-electron chi connectivity index (χ3n) is 3.52. The number of pyridine rings is 1. The van der Waals surface area contributed by atoms with E-state index in [0.717, 1.165) is 37.5 Å². The predicted octanol–water partition coefficient (Wildman–Crippen LogP) is 1.57. The molecule has 1 unspecified atom stereocenters. The van der Waals surface area contributed by atoms with Crippen LogP contribution in [0.1, 0.15) is 24.1 Å². The predicted molar refractivity (Wildman–Crippen MR) is 80.0 cm³/mol. The van der Waals surface area contributed by atoms with Gasteiger partial charge in [-0.25, -0.2) is 0 Å². The lowest BCUT2D eigenvalue weighted by atomic mass is 9.98. The summed E-state index contributed by atoms with van der Waals surface area (Å²) in [5, 5.41) is 0. The molecule has 0 saturated carbocycles. The molecule has 1 aliphatic rings. The third kappa shape index (κ3) is 3.96. The lowest BCUT2D eigenvalue weighted by molar-refractivity contribution is 0.0873. The van der Waals surface area contributed by atoms with Gasteiger partial charge in [0.25, 0.3) is 0 Å². The van der Waals surface area contributed by atoms with E-state index in [4.69, 9.17) is 22.7 Å². The Balaban J connectivity index is 2.02. The van der Waals surface area contributed by atoms with Crippen molar-refractivity contribution in [3.05, 3.63) is 29.6 Å². The molecule has 5 heteroatoms. The first-order chi connectivity index (χ1) is 9.20. The molecule has 2 heterocycles. The molecule has 0 aliphatic carbocycles. The normalized spacial score (nSPS) is 20.4. The summed E-state index contributed by atoms with van der Waals surface area (Å²) >= 11 is 5.06. The van der Waals surface area contributed by atoms with Crippen molar-refractivity contribution in [2.75, 3.05) is 26.8 Å². The smallest absolute Gasteiger partial charge is 0.123 e. The highest BCUT2D eigenvalue weighted by atomic mass is 32.1. The highest BCUT2D eigenvalue weighted by Gasteiger charge is 2.20. The summed E-state index contributed by atoms with van der Waals surface area (Å²) < 4.78 is 5.26. The maximum Gasteiger partial charge on any atom is 0.123 e. The number of nitrogens with two attached hydrogens (primary N) is 1. The molecule has 2 rings (SSSR count). The van der Waals surface area contributed by atoms with E-state index in [2.05, 4.69) is 16.0 Å². The highest BCUT2D eigenvalue weighted by molar-refractivity contribution is 7.80. The van der Waals surface area contributed by atoms with Gasteiger partial charge in [-0.1, -0.05) is 18.3 Å². The van der Waals surface area contributed by atoms with Crippen LogP contribution in [0.5, 0.6) is 0 Å². The van der Waals surface area contributed by atoms with Crippen molar-refractivity contribution in [2.45, 2.75) is 19.4 Å². The Hall–Kier alpha value is -1.04. The molecule has 0 aromatic carbocycles. The number of piperidine rings is 1. The Labute approximate surface area is 120 Å². The Bertz CT molecular complexity index is 436. The van der Waals surface area contributed by atoms with Crippen molar-refractivity contribution in [2.24, 2.45) is 11.7 Å². The number of methoxy groups -OCH3 is 1. The van der Waals surface area contributed by atoms with Crippen LogP contribution in [0.3, 0.4) is 0 Å². The molecule has 0 spiro atoms. The number of thiocarbonyl (C=S) groups is 1. The quantitative estimate of drug-likeness (QED) is 0.829. The monoisotopic (exact) mass is 279 g/mol. The van der Waals surface area contributed by atoms with E-state index in [9.17, 15) is 0 Å². The third-order valence-corrected chi connectivity index (χ3v) is 3.72. The van der Waals surface area contributed by atoms with Gasteiger partial charge in [0.05, 0.1) is 6.61 Å². The first-order valence-corrected chi connectivity index (χ1v) is 7.06. The van der Waals surface area contributed by atoms with E-state index >= 15 is 0 Å². The zero-order chi connectivity index (χ0) is 13.7. The number of nitrogens with zero attached hydrogens (tertiary/aromatic N) is 2. The molecule has 1 saturated heterocycles. The van der Waals surface area contributed by atoms with E-state index in [-0.39, 0.29) is 0 Å². The standard InChI is InChI=1S/C14H21N3OS/c1-18-10-11-4-3-7-17(8-11)9-12-5-2-6-16-13(12)14(15)19/h2,5-6,11H,3-4,7-10H2,1H3,(H2,15,19). The van der Waals surface area contributed by atoms with Crippen molar-refractivity contribution in [1.29, 1.82) is 0 Å². The average molecular weight is 279 g/mol. The zero-order valence-electron chi connectivity index (χ0n) is 11.3. The Morgan fingerprint density at radius 2 is 2.47 bits per heavy atom. The summed E-state index contributed by atoms with van der Waals surface area (Å²) in [6.07, 6.45) is 4.21. The van der Waals surface area contributed by atoms with Gasteiger partial charge in [-0.2, -0.15) is 0 Å². The zero-order valence-corrected chi connectivity index (χ0v) is 12.2. The van der Waals surface area contributed by atoms with Crippen molar-refractivity contribution in [1.82, 2.24) is 9.88 Å². The first-order valence-electron chi connectivity index (χ1n) is 6.65. The van der Waals surface area contributed by atoms with E-state index in [0.29, 0.717) is 10.9 Å². The lowest BCUT2D eigenvalue weighted by Crippen LogP contribution is -2.37. The fraction of sp³-hybridized carbons (Fsp3) is 0.571. The van der Waals surface area contributed by atoms with Crippen LogP contribution < -0.4 is 5.73 Å². The maximum absolute atomic E-state index is 5.73. The van der Waals surface area contributed by atoms with Gasteiger partial charge < -0.3 is 10.5 Å². The molecule has 0 bridgehead atoms. The SMILES string of the molecule is COCC1CCCN(Cc2cccnc2C(N)=S)C1. The maximum atomic E-state index is 5.73. The minimum atomic E-state index is 0.376. The minimum absolute atomic E-state index is 0.376. The second-order valence-electron chi connectivity index (χ2n) is 5.07. The number of hydrogen-bond donors (Lipinski definition) is 1. The number of likely N-dealkylation sites (tertiary alicyclic amines) is 1. The second kappa shape index (κ2) is 6.93. The Kier molecular flexibility index (Phi) is 5.24. The Morgan fingerprint density at radius 3 is 3.21 bits per heavy atom. The van der Waals surface area contributed by atoms with Gasteiger partial charge in [0.1, 0.15) is 10.7 Å². The van der Waals surface area contributed by atoms with Crippen LogP contribution in [0, 0.1) is 5.92 Å². The number of aromatic nitrogens is 1. The molecule has 0 radical (unpaired) electrons. The molecule has 1 fully saturated rings. The van der Waals surface area contributed by atoms with Crippen LogP contribution in [0.4, 0.5) is 0 Å². The number of hydrogen-bond acceptors (Lipinski definition) is 4. The minimum Gasteiger partial charge on any atom is -0.388 e. The van der Waals surface area contributed by atoms with Gasteiger partial charge in [-0.15, -0.1) is 0 Å². The largest absolute Gasteiger partial charge is 0.388 e. The van der Waals surface area contributed by atoms with Gasteiger partial charge in [0.2, 0.25) is 0 Å². The van der Waals surface area contributed by atoms with Crippen LogP contribution in [0.25, 0.3) is 0 Å². The van der Waals surface area contributed by atoms with E-state index < -0.39 is 0 Å². The van der Waals surface area contributed by atoms with Crippen molar-refractivity contribution in [3.63, 3.8) is 0 Å². The van der Waals surface area contributed by atoms with Crippen LogP contribution in [-0.4, -0.2) is 41.7 Å². The van der Waals surface area contributed by atoms with Crippen LogP contribution in [0.2, 0.25) is 0 Å². The average Bonchev–Trinajstić information content (AvgIpc) is 2.40. The highest BCUT2D eigenvalue weighted by Crippen LogP contribution is 2.19. The molecule has 1 aromatic heterocycles. The molecule has 4 nitrogen and oxygen atoms in total. The molecule has 2 N–H and O–H groups in total. The summed E-state index contributed by atoms with van der Waals surface area (Å²) in [4.78, 5) is 7.09. The van der Waals surface area contributed by atoms with Gasteiger partial charge in [0.15, 0.2) is 0 Å². The van der Waals surface area contributed by atoms with E-state index in [1.165, 1.54) is 12.8 Å². The Morgan fingerprint density at radius 1 is 1.63 bits per heavy atom. The molecule has 104 valence electrons. The molecular formula is C14H21N3OS. The molecule has 0 amide bonds. The lowest BCUT2D eigenvalue weighted by Gasteiger charge is -2.32. The summed E-state index contributed by atoms with van der Waals surface area (Å²) in [7, 11) is 1.77. The fourth-order valence-electron chi connectivity index (χ4n) is 2.70. The van der Waals surface area contributed by atoms with Gasteiger partial charge in [0, 0.05) is 26.4 Å². The molecule has 19 heavy (non-hydrogen) atoms. The topological polar surface area (TPSA) is 51.4 Å². The molecular weight excluding hydrogens is 258 g/mol. The summed E-state index contributed by atoms with van der Waals surface area (Å²) in [5.74, 6) is 0.628. The fourth-order valence-corrected chi connectivity index (χ4v) is 2.88. The molecule has 1 aliphatic heterocycles. The summed E-state index contributed by atoms with van der Waals surface area (Å²) in [5.41, 5.74) is 7.60. The molecule has 1 atom stereocenters. The van der Waals surface area contributed by atoms with E-state index in [1.54, 1.807) is 13.3 Å². The van der Waals surface area contributed by atoms with Crippen LogP contribution >= 0.6 is 12.2 Å². The van der Waals surface area contributed by atoms with Crippen molar-refractivity contribution < 1.29 is 4.74 Å². The van der Waals surface area contributed by atoms with Gasteiger partial charge in [-0.3, -0.25) is 9.88 Å². The summed E-state index contributed by atoms with van der Waals surface area (Å²) in [6, 6.07) is 4.00. The van der Waals surface area contributed by atoms with Crippen LogP contribution in [0.15, 0.2) is 18.3 Å². The number of rotatable bonds is 5. The number of ether oxygens (including phenoxy) is 1. The van der Waals surface area contributed by atoms with Crippen molar-refractivity contribution in [3.8, 4) is 0 Å².